The molecule has 0 aliphatic heterocycles. The second-order valence-corrected chi connectivity index (χ2v) is 4.71. The fraction of sp³-hybridized carbons (Fsp3) is 0.385. The minimum absolute atomic E-state index is 0.0217. The van der Waals surface area contributed by atoms with Crippen LogP contribution in [0, 0.1) is 0 Å². The van der Waals surface area contributed by atoms with E-state index in [1.54, 1.807) is 13.0 Å². The molecule has 0 aromatic heterocycles. The van der Waals surface area contributed by atoms with E-state index in [0.29, 0.717) is 11.3 Å². The Bertz CT molecular complexity index is 486. The highest BCUT2D eigenvalue weighted by molar-refractivity contribution is 6.01. The average Bonchev–Trinajstić information content (AvgIpc) is 2.27. The van der Waals surface area contributed by atoms with Crippen molar-refractivity contribution in [2.45, 2.75) is 32.9 Å². The number of hydrogen-bond donors (Lipinski definition) is 4. The van der Waals surface area contributed by atoms with Crippen molar-refractivity contribution in [3.05, 3.63) is 23.8 Å². The lowest BCUT2D eigenvalue weighted by Gasteiger charge is -2.16. The number of hydrogen-bond acceptors (Lipinski definition) is 4. The quantitative estimate of drug-likeness (QED) is 0.593. The van der Waals surface area contributed by atoms with Gasteiger partial charge >= 0.3 is 0 Å². The molecule has 0 heterocycles. The van der Waals surface area contributed by atoms with Gasteiger partial charge in [-0.15, -0.1) is 0 Å². The van der Waals surface area contributed by atoms with Gasteiger partial charge in [0.1, 0.15) is 6.04 Å². The zero-order valence-electron chi connectivity index (χ0n) is 11.4. The number of nitrogen functional groups attached to an aromatic ring is 2. The van der Waals surface area contributed by atoms with Crippen molar-refractivity contribution in [1.29, 1.82) is 0 Å². The minimum Gasteiger partial charge on any atom is -0.399 e. The van der Waals surface area contributed by atoms with Crippen molar-refractivity contribution < 1.29 is 9.59 Å². The number of carbonyl (C=O) groups excluding carboxylic acids is 2. The van der Waals surface area contributed by atoms with Crippen molar-refractivity contribution in [2.24, 2.45) is 0 Å². The van der Waals surface area contributed by atoms with Gasteiger partial charge < -0.3 is 22.1 Å². The maximum Gasteiger partial charge on any atom is 0.254 e. The lowest BCUT2D eigenvalue weighted by molar-refractivity contribution is -0.123. The molecule has 0 radical (unpaired) electrons. The van der Waals surface area contributed by atoms with E-state index >= 15 is 0 Å². The largest absolute Gasteiger partial charge is 0.399 e. The second-order valence-electron chi connectivity index (χ2n) is 4.71. The topological polar surface area (TPSA) is 110 Å². The predicted molar refractivity (Wildman–Crippen MR) is 75.5 cm³/mol. The lowest BCUT2D eigenvalue weighted by Crippen LogP contribution is -2.46. The van der Waals surface area contributed by atoms with E-state index in [-0.39, 0.29) is 17.6 Å². The highest BCUT2D eigenvalue weighted by atomic mass is 16.2. The monoisotopic (exact) mass is 264 g/mol. The molecule has 1 aromatic rings. The summed E-state index contributed by atoms with van der Waals surface area (Å²) in [6, 6.07) is 4.02. The Kier molecular flexibility index (Phi) is 4.74. The number of benzene rings is 1. The van der Waals surface area contributed by atoms with Gasteiger partial charge in [0.05, 0.1) is 5.56 Å². The van der Waals surface area contributed by atoms with Gasteiger partial charge in [0, 0.05) is 17.4 Å². The van der Waals surface area contributed by atoms with E-state index < -0.39 is 11.9 Å². The molecule has 0 spiro atoms. The molecule has 0 saturated carbocycles. The third-order valence-corrected chi connectivity index (χ3v) is 2.49. The number of anilines is 2. The highest BCUT2D eigenvalue weighted by Crippen LogP contribution is 2.15. The van der Waals surface area contributed by atoms with Crippen LogP contribution in [-0.4, -0.2) is 23.9 Å². The minimum atomic E-state index is -0.633. The molecule has 1 atom stereocenters. The van der Waals surface area contributed by atoms with Crippen molar-refractivity contribution in [3.63, 3.8) is 0 Å². The van der Waals surface area contributed by atoms with Crippen molar-refractivity contribution >= 4 is 23.2 Å². The van der Waals surface area contributed by atoms with E-state index in [1.165, 1.54) is 12.1 Å². The van der Waals surface area contributed by atoms with Crippen LogP contribution in [0.2, 0.25) is 0 Å². The van der Waals surface area contributed by atoms with E-state index in [9.17, 15) is 9.59 Å². The summed E-state index contributed by atoms with van der Waals surface area (Å²) in [6.45, 7) is 5.32. The normalized spacial score (nSPS) is 12.0. The first kappa shape index (κ1) is 14.8. The fourth-order valence-electron chi connectivity index (χ4n) is 1.54. The van der Waals surface area contributed by atoms with Gasteiger partial charge in [-0.3, -0.25) is 9.59 Å². The number of nitrogens with two attached hydrogens (primary N) is 2. The average molecular weight is 264 g/mol. The van der Waals surface area contributed by atoms with Gasteiger partial charge in [0.2, 0.25) is 5.91 Å². The summed E-state index contributed by atoms with van der Waals surface area (Å²) >= 11 is 0. The van der Waals surface area contributed by atoms with Crippen LogP contribution in [0.3, 0.4) is 0 Å². The van der Waals surface area contributed by atoms with Gasteiger partial charge in [0.25, 0.3) is 5.91 Å². The van der Waals surface area contributed by atoms with E-state index in [2.05, 4.69) is 10.6 Å². The van der Waals surface area contributed by atoms with Crippen LogP contribution in [0.25, 0.3) is 0 Å². The van der Waals surface area contributed by atoms with Gasteiger partial charge in [-0.2, -0.15) is 0 Å². The Labute approximate surface area is 112 Å². The molecule has 6 N–H and O–H groups in total. The molecule has 2 amide bonds. The first-order chi connectivity index (χ1) is 8.81. The standard InChI is InChI=1S/C13H20N4O2/c1-7(2)16-12(18)8(3)17-13(19)10-5-4-9(14)6-11(10)15/h4-8H,14-15H2,1-3H3,(H,16,18)(H,17,19). The number of nitrogens with one attached hydrogen (secondary N) is 2. The van der Waals surface area contributed by atoms with Crippen LogP contribution in [-0.2, 0) is 4.79 Å². The summed E-state index contributed by atoms with van der Waals surface area (Å²) in [5.41, 5.74) is 12.3. The SMILES string of the molecule is CC(C)NC(=O)C(C)NC(=O)c1ccc(N)cc1N. The van der Waals surface area contributed by atoms with Crippen LogP contribution >= 0.6 is 0 Å². The van der Waals surface area contributed by atoms with Gasteiger partial charge in [-0.1, -0.05) is 0 Å². The van der Waals surface area contributed by atoms with Crippen LogP contribution in [0.15, 0.2) is 18.2 Å². The Balaban J connectivity index is 2.71. The molecular formula is C13H20N4O2. The molecule has 0 saturated heterocycles. The summed E-state index contributed by atoms with van der Waals surface area (Å²) in [7, 11) is 0. The summed E-state index contributed by atoms with van der Waals surface area (Å²) in [6.07, 6.45) is 0. The highest BCUT2D eigenvalue weighted by Gasteiger charge is 2.18. The Morgan fingerprint density at radius 1 is 1.11 bits per heavy atom. The van der Waals surface area contributed by atoms with Crippen molar-refractivity contribution in [1.82, 2.24) is 10.6 Å². The van der Waals surface area contributed by atoms with E-state index in [4.69, 9.17) is 11.5 Å². The maximum absolute atomic E-state index is 12.0. The molecule has 19 heavy (non-hydrogen) atoms. The molecule has 6 nitrogen and oxygen atoms in total. The molecule has 0 bridgehead atoms. The maximum atomic E-state index is 12.0. The smallest absolute Gasteiger partial charge is 0.254 e. The van der Waals surface area contributed by atoms with Crippen LogP contribution < -0.4 is 22.1 Å². The number of rotatable bonds is 4. The Morgan fingerprint density at radius 2 is 1.74 bits per heavy atom. The number of carbonyl (C=O) groups is 2. The molecule has 1 rings (SSSR count). The van der Waals surface area contributed by atoms with Crippen LogP contribution in [0.5, 0.6) is 0 Å². The molecule has 104 valence electrons. The van der Waals surface area contributed by atoms with Crippen LogP contribution in [0.4, 0.5) is 11.4 Å². The molecule has 0 fully saturated rings. The van der Waals surface area contributed by atoms with E-state index in [1.807, 2.05) is 13.8 Å². The van der Waals surface area contributed by atoms with Gasteiger partial charge in [-0.25, -0.2) is 0 Å². The van der Waals surface area contributed by atoms with Crippen LogP contribution in [0.1, 0.15) is 31.1 Å². The lowest BCUT2D eigenvalue weighted by atomic mass is 10.1. The van der Waals surface area contributed by atoms with Gasteiger partial charge in [-0.05, 0) is 39.0 Å². The molecular weight excluding hydrogens is 244 g/mol. The summed E-state index contributed by atoms with van der Waals surface area (Å²) in [4.78, 5) is 23.6. The first-order valence-corrected chi connectivity index (χ1v) is 6.07. The third-order valence-electron chi connectivity index (χ3n) is 2.49. The summed E-state index contributed by atoms with van der Waals surface area (Å²) in [5, 5.41) is 5.31. The zero-order valence-corrected chi connectivity index (χ0v) is 11.4. The van der Waals surface area contributed by atoms with Gasteiger partial charge in [0.15, 0.2) is 0 Å². The van der Waals surface area contributed by atoms with Crippen molar-refractivity contribution in [3.8, 4) is 0 Å². The zero-order chi connectivity index (χ0) is 14.6. The molecule has 0 aliphatic carbocycles. The summed E-state index contributed by atoms with van der Waals surface area (Å²) in [5.74, 6) is -0.638. The Morgan fingerprint density at radius 3 is 2.26 bits per heavy atom. The second kappa shape index (κ2) is 6.08. The molecule has 0 aliphatic rings. The predicted octanol–water partition coefficient (Wildman–Crippen LogP) is 0.494. The molecule has 1 unspecified atom stereocenters. The molecule has 6 heteroatoms. The Hall–Kier alpha value is -2.24. The summed E-state index contributed by atoms with van der Waals surface area (Å²) < 4.78 is 0. The van der Waals surface area contributed by atoms with Crippen molar-refractivity contribution in [2.75, 3.05) is 11.5 Å². The number of amides is 2. The third kappa shape index (κ3) is 4.17. The fourth-order valence-corrected chi connectivity index (χ4v) is 1.54. The van der Waals surface area contributed by atoms with E-state index in [0.717, 1.165) is 0 Å². The first-order valence-electron chi connectivity index (χ1n) is 6.07. The molecule has 1 aromatic carbocycles.